The van der Waals surface area contributed by atoms with E-state index >= 15 is 0 Å². The summed E-state index contributed by atoms with van der Waals surface area (Å²) in [5.74, 6) is 2.55. The van der Waals surface area contributed by atoms with E-state index in [0.29, 0.717) is 43.1 Å². The maximum absolute atomic E-state index is 5.54. The third kappa shape index (κ3) is 6.35. The highest BCUT2D eigenvalue weighted by molar-refractivity contribution is 14.0. The molecule has 1 aromatic carbocycles. The van der Waals surface area contributed by atoms with Crippen molar-refractivity contribution in [2.75, 3.05) is 13.1 Å². The summed E-state index contributed by atoms with van der Waals surface area (Å²) in [6.45, 7) is 5.64. The summed E-state index contributed by atoms with van der Waals surface area (Å²) < 4.78 is 10.6. The van der Waals surface area contributed by atoms with Crippen LogP contribution in [0.1, 0.15) is 24.3 Å². The number of aryl methyl sites for hydroxylation is 1. The fourth-order valence-electron chi connectivity index (χ4n) is 2.32. The minimum absolute atomic E-state index is 0. The van der Waals surface area contributed by atoms with Crippen molar-refractivity contribution in [3.8, 4) is 11.5 Å². The second-order valence-electron chi connectivity index (χ2n) is 5.62. The topological polar surface area (TPSA) is 101 Å². The molecule has 0 spiro atoms. The summed E-state index contributed by atoms with van der Waals surface area (Å²) in [4.78, 5) is 13.2. The molecule has 0 radical (unpaired) electrons. The first-order valence-electron chi connectivity index (χ1n) is 8.56. The van der Waals surface area contributed by atoms with Crippen molar-refractivity contribution in [3.63, 3.8) is 0 Å². The maximum Gasteiger partial charge on any atom is 0.228 e. The van der Waals surface area contributed by atoms with Crippen LogP contribution >= 0.6 is 24.0 Å². The average Bonchev–Trinajstić information content (AvgIpc) is 3.29. The van der Waals surface area contributed by atoms with E-state index in [2.05, 4.69) is 30.8 Å². The first-order chi connectivity index (χ1) is 12.7. The predicted molar refractivity (Wildman–Crippen MR) is 113 cm³/mol. The first kappa shape index (κ1) is 20.9. The molecule has 3 rings (SSSR count). The molecule has 144 valence electrons. The third-order valence-electron chi connectivity index (χ3n) is 3.52. The molecular weight excluding hydrogens is 459 g/mol. The molecule has 0 aliphatic heterocycles. The van der Waals surface area contributed by atoms with Gasteiger partial charge in [0.25, 0.3) is 0 Å². The van der Waals surface area contributed by atoms with Gasteiger partial charge in [0.15, 0.2) is 11.8 Å². The fraction of sp³-hybridized carbons (Fsp3) is 0.333. The zero-order valence-corrected chi connectivity index (χ0v) is 17.6. The molecule has 0 amide bonds. The van der Waals surface area contributed by atoms with Gasteiger partial charge in [-0.3, -0.25) is 0 Å². The molecule has 0 atom stereocenters. The van der Waals surface area contributed by atoms with Gasteiger partial charge in [-0.2, -0.15) is 4.98 Å². The molecule has 0 aliphatic carbocycles. The monoisotopic (exact) mass is 482 g/mol. The van der Waals surface area contributed by atoms with Gasteiger partial charge >= 0.3 is 0 Å². The van der Waals surface area contributed by atoms with Gasteiger partial charge in [-0.15, -0.1) is 24.0 Å². The number of rotatable bonds is 7. The van der Waals surface area contributed by atoms with Gasteiger partial charge in [0.05, 0.1) is 6.54 Å². The average molecular weight is 482 g/mol. The molecule has 0 bridgehead atoms. The molecular formula is C18H23IN6O2. The Labute approximate surface area is 174 Å². The van der Waals surface area contributed by atoms with E-state index in [1.165, 1.54) is 0 Å². The minimum atomic E-state index is 0. The third-order valence-corrected chi connectivity index (χ3v) is 3.52. The number of benzene rings is 1. The Morgan fingerprint density at radius 2 is 1.96 bits per heavy atom. The van der Waals surface area contributed by atoms with Gasteiger partial charge in [-0.1, -0.05) is 23.4 Å². The van der Waals surface area contributed by atoms with Crippen LogP contribution in [-0.4, -0.2) is 34.2 Å². The number of aliphatic imine (C=N–C) groups is 1. The van der Waals surface area contributed by atoms with E-state index in [-0.39, 0.29) is 24.0 Å². The van der Waals surface area contributed by atoms with Crippen LogP contribution in [0.25, 0.3) is 11.5 Å². The van der Waals surface area contributed by atoms with E-state index in [0.717, 1.165) is 17.8 Å². The Morgan fingerprint density at radius 3 is 2.67 bits per heavy atom. The van der Waals surface area contributed by atoms with Gasteiger partial charge in [-0.05, 0) is 26.0 Å². The lowest BCUT2D eigenvalue weighted by molar-refractivity contribution is 0.374. The summed E-state index contributed by atoms with van der Waals surface area (Å²) >= 11 is 0. The Balaban J connectivity index is 0.00000261. The van der Waals surface area contributed by atoms with Gasteiger partial charge in [0.1, 0.15) is 12.0 Å². The highest BCUT2D eigenvalue weighted by Crippen LogP contribution is 2.18. The second-order valence-corrected chi connectivity index (χ2v) is 5.62. The molecule has 0 fully saturated rings. The lowest BCUT2D eigenvalue weighted by Crippen LogP contribution is -2.38. The Kier molecular flexibility index (Phi) is 8.24. The van der Waals surface area contributed by atoms with E-state index in [1.54, 1.807) is 13.2 Å². The van der Waals surface area contributed by atoms with Crippen molar-refractivity contribution in [1.29, 1.82) is 0 Å². The van der Waals surface area contributed by atoms with E-state index in [9.17, 15) is 0 Å². The highest BCUT2D eigenvalue weighted by Gasteiger charge is 2.07. The number of halogens is 1. The number of oxazole rings is 1. The normalized spacial score (nSPS) is 11.1. The molecule has 2 aromatic heterocycles. The van der Waals surface area contributed by atoms with Gasteiger partial charge < -0.3 is 19.6 Å². The molecule has 2 heterocycles. The second kappa shape index (κ2) is 10.7. The van der Waals surface area contributed by atoms with Crippen LogP contribution in [0.5, 0.6) is 0 Å². The summed E-state index contributed by atoms with van der Waals surface area (Å²) in [6.07, 6.45) is 2.27. The zero-order valence-electron chi connectivity index (χ0n) is 15.3. The van der Waals surface area contributed by atoms with Crippen LogP contribution in [0.2, 0.25) is 0 Å². The SMILES string of the molecule is CCNC(=NCc1coc(-c2ccccc2)n1)NCCc1nc(C)no1.I. The van der Waals surface area contributed by atoms with Crippen molar-refractivity contribution in [3.05, 3.63) is 54.0 Å². The number of aromatic nitrogens is 3. The Bertz CT molecular complexity index is 846. The molecule has 9 heteroatoms. The lowest BCUT2D eigenvalue weighted by Gasteiger charge is -2.09. The molecule has 3 aromatic rings. The van der Waals surface area contributed by atoms with Crippen LogP contribution in [0, 0.1) is 6.92 Å². The van der Waals surface area contributed by atoms with Crippen molar-refractivity contribution < 1.29 is 8.94 Å². The molecule has 8 nitrogen and oxygen atoms in total. The highest BCUT2D eigenvalue weighted by atomic mass is 127. The van der Waals surface area contributed by atoms with Crippen LogP contribution < -0.4 is 10.6 Å². The first-order valence-corrected chi connectivity index (χ1v) is 8.56. The van der Waals surface area contributed by atoms with Gasteiger partial charge in [-0.25, -0.2) is 9.98 Å². The number of hydrogen-bond acceptors (Lipinski definition) is 6. The fourth-order valence-corrected chi connectivity index (χ4v) is 2.32. The van der Waals surface area contributed by atoms with Crippen molar-refractivity contribution in [1.82, 2.24) is 25.8 Å². The smallest absolute Gasteiger partial charge is 0.228 e. The summed E-state index contributed by atoms with van der Waals surface area (Å²) in [5, 5.41) is 10.2. The summed E-state index contributed by atoms with van der Waals surface area (Å²) in [6, 6.07) is 9.79. The molecule has 2 N–H and O–H groups in total. The number of guanidine groups is 1. The Hall–Kier alpha value is -2.43. The minimum Gasteiger partial charge on any atom is -0.444 e. The van der Waals surface area contributed by atoms with Crippen LogP contribution in [-0.2, 0) is 13.0 Å². The largest absolute Gasteiger partial charge is 0.444 e. The van der Waals surface area contributed by atoms with E-state index < -0.39 is 0 Å². The zero-order chi connectivity index (χ0) is 18.2. The van der Waals surface area contributed by atoms with E-state index in [1.807, 2.05) is 37.3 Å². The van der Waals surface area contributed by atoms with Crippen molar-refractivity contribution in [2.24, 2.45) is 4.99 Å². The molecule has 0 aliphatic rings. The molecule has 0 unspecified atom stereocenters. The molecule has 0 saturated heterocycles. The predicted octanol–water partition coefficient (Wildman–Crippen LogP) is 2.95. The quantitative estimate of drug-likeness (QED) is 0.303. The Morgan fingerprint density at radius 1 is 1.15 bits per heavy atom. The summed E-state index contributed by atoms with van der Waals surface area (Å²) in [7, 11) is 0. The summed E-state index contributed by atoms with van der Waals surface area (Å²) in [5.41, 5.74) is 1.72. The van der Waals surface area contributed by atoms with Crippen LogP contribution in [0.4, 0.5) is 0 Å². The number of nitrogens with one attached hydrogen (secondary N) is 2. The van der Waals surface area contributed by atoms with Crippen LogP contribution in [0.15, 0.2) is 50.5 Å². The van der Waals surface area contributed by atoms with Gasteiger partial charge in [0, 0.05) is 25.1 Å². The maximum atomic E-state index is 5.54. The van der Waals surface area contributed by atoms with Gasteiger partial charge in [0.2, 0.25) is 11.8 Å². The lowest BCUT2D eigenvalue weighted by atomic mass is 10.2. The van der Waals surface area contributed by atoms with Crippen molar-refractivity contribution in [2.45, 2.75) is 26.8 Å². The number of hydrogen-bond donors (Lipinski definition) is 2. The van der Waals surface area contributed by atoms with Crippen molar-refractivity contribution >= 4 is 29.9 Å². The molecule has 0 saturated carbocycles. The molecule has 27 heavy (non-hydrogen) atoms. The van der Waals surface area contributed by atoms with E-state index in [4.69, 9.17) is 8.94 Å². The van der Waals surface area contributed by atoms with Crippen LogP contribution in [0.3, 0.4) is 0 Å². The standard InChI is InChI=1S/C18H22N6O2.HI/c1-3-19-18(20-10-9-16-22-13(2)24-26-16)21-11-15-12-25-17(23-15)14-7-5-4-6-8-14;/h4-8,12H,3,9-11H2,1-2H3,(H2,19,20,21);1H. The number of nitrogens with zero attached hydrogens (tertiary/aromatic N) is 4.